The molecule has 1 atom stereocenters. The molecule has 0 aromatic heterocycles. The Morgan fingerprint density at radius 1 is 1.25 bits per heavy atom. The second-order valence-corrected chi connectivity index (χ2v) is 5.38. The fraction of sp³-hybridized carbons (Fsp3) is 0.786. The number of nitrogens with zero attached hydrogens (tertiary/aromatic N) is 1. The number of rotatable bonds is 9. The molecule has 0 aromatic carbocycles. The van der Waals surface area contributed by atoms with Crippen molar-refractivity contribution in [2.24, 2.45) is 5.92 Å². The van der Waals surface area contributed by atoms with E-state index in [1.54, 1.807) is 11.9 Å². The van der Waals surface area contributed by atoms with Crippen molar-refractivity contribution < 1.29 is 19.5 Å². The molecule has 2 amide bonds. The van der Waals surface area contributed by atoms with Crippen LogP contribution in [0.4, 0.5) is 0 Å². The predicted molar refractivity (Wildman–Crippen MR) is 74.1 cm³/mol. The first kappa shape index (κ1) is 16.5. The minimum atomic E-state index is -0.742. The lowest BCUT2D eigenvalue weighted by Gasteiger charge is -2.10. The Labute approximate surface area is 119 Å². The molecule has 1 unspecified atom stereocenters. The number of aliphatic carboxylic acids is 1. The number of carbonyl (C=O) groups is 3. The SMILES string of the molecule is CN1CC(C(=O)NCCCCCCCC(=O)O)CC1=O. The lowest BCUT2D eigenvalue weighted by atomic mass is 10.1. The number of carboxylic acids is 1. The van der Waals surface area contributed by atoms with Crippen LogP contribution in [0.25, 0.3) is 0 Å². The molecule has 2 N–H and O–H groups in total. The monoisotopic (exact) mass is 284 g/mol. The highest BCUT2D eigenvalue weighted by atomic mass is 16.4. The van der Waals surface area contributed by atoms with Crippen LogP contribution >= 0.6 is 0 Å². The first-order valence-corrected chi connectivity index (χ1v) is 7.24. The molecule has 1 fully saturated rings. The van der Waals surface area contributed by atoms with Crippen LogP contribution in [0.5, 0.6) is 0 Å². The summed E-state index contributed by atoms with van der Waals surface area (Å²) in [5.74, 6) is -0.950. The average molecular weight is 284 g/mol. The largest absolute Gasteiger partial charge is 0.481 e. The van der Waals surface area contributed by atoms with E-state index in [-0.39, 0.29) is 24.2 Å². The van der Waals surface area contributed by atoms with Gasteiger partial charge in [-0.05, 0) is 12.8 Å². The Hall–Kier alpha value is -1.59. The number of hydrogen-bond acceptors (Lipinski definition) is 3. The van der Waals surface area contributed by atoms with Crippen LogP contribution in [0.1, 0.15) is 44.9 Å². The number of amides is 2. The fourth-order valence-corrected chi connectivity index (χ4v) is 2.33. The van der Waals surface area contributed by atoms with Gasteiger partial charge in [0.05, 0.1) is 5.92 Å². The van der Waals surface area contributed by atoms with Crippen LogP contribution in [-0.2, 0) is 14.4 Å². The summed E-state index contributed by atoms with van der Waals surface area (Å²) in [6.45, 7) is 1.14. The molecule has 20 heavy (non-hydrogen) atoms. The van der Waals surface area contributed by atoms with Gasteiger partial charge in [-0.15, -0.1) is 0 Å². The Balaban J connectivity index is 1.97. The third kappa shape index (κ3) is 6.04. The van der Waals surface area contributed by atoms with Gasteiger partial charge in [-0.2, -0.15) is 0 Å². The summed E-state index contributed by atoms with van der Waals surface area (Å²) < 4.78 is 0. The zero-order valence-electron chi connectivity index (χ0n) is 12.1. The van der Waals surface area contributed by atoms with Gasteiger partial charge in [-0.25, -0.2) is 0 Å². The number of nitrogens with one attached hydrogen (secondary N) is 1. The number of likely N-dealkylation sites (tertiary alicyclic amines) is 1. The number of carboxylic acid groups (broad SMARTS) is 1. The minimum absolute atomic E-state index is 0.0311. The van der Waals surface area contributed by atoms with Crippen molar-refractivity contribution in [1.82, 2.24) is 10.2 Å². The highest BCUT2D eigenvalue weighted by molar-refractivity contribution is 5.89. The van der Waals surface area contributed by atoms with E-state index in [2.05, 4.69) is 5.32 Å². The lowest BCUT2D eigenvalue weighted by molar-refractivity contribution is -0.137. The number of hydrogen-bond donors (Lipinski definition) is 2. The standard InChI is InChI=1S/C14H24N2O4/c1-16-10-11(9-12(16)17)14(20)15-8-6-4-2-3-5-7-13(18)19/h11H,2-10H2,1H3,(H,15,20)(H,18,19). The Bertz CT molecular complexity index is 357. The summed E-state index contributed by atoms with van der Waals surface area (Å²) >= 11 is 0. The molecule has 0 spiro atoms. The predicted octanol–water partition coefficient (Wildman–Crippen LogP) is 1.01. The molecule has 0 saturated carbocycles. The van der Waals surface area contributed by atoms with Gasteiger partial charge in [-0.3, -0.25) is 14.4 Å². The van der Waals surface area contributed by atoms with Gasteiger partial charge in [0.1, 0.15) is 0 Å². The van der Waals surface area contributed by atoms with Gasteiger partial charge in [0.2, 0.25) is 11.8 Å². The van der Waals surface area contributed by atoms with E-state index in [1.165, 1.54) is 0 Å². The fourth-order valence-electron chi connectivity index (χ4n) is 2.33. The molecular formula is C14H24N2O4. The molecule has 1 heterocycles. The van der Waals surface area contributed by atoms with Crippen LogP contribution in [-0.4, -0.2) is 47.9 Å². The molecule has 1 saturated heterocycles. The highest BCUT2D eigenvalue weighted by Gasteiger charge is 2.31. The van der Waals surface area contributed by atoms with Crippen molar-refractivity contribution in [3.63, 3.8) is 0 Å². The van der Waals surface area contributed by atoms with Crippen LogP contribution in [0.15, 0.2) is 0 Å². The highest BCUT2D eigenvalue weighted by Crippen LogP contribution is 2.15. The van der Waals surface area contributed by atoms with Crippen LogP contribution in [0, 0.1) is 5.92 Å². The molecule has 0 aromatic rings. The zero-order valence-corrected chi connectivity index (χ0v) is 12.1. The van der Waals surface area contributed by atoms with Crippen molar-refractivity contribution in [2.45, 2.75) is 44.9 Å². The summed E-state index contributed by atoms with van der Waals surface area (Å²) in [5.41, 5.74) is 0. The van der Waals surface area contributed by atoms with Crippen LogP contribution in [0.3, 0.4) is 0 Å². The third-order valence-corrected chi connectivity index (χ3v) is 3.58. The Morgan fingerprint density at radius 3 is 2.50 bits per heavy atom. The molecule has 0 aliphatic carbocycles. The van der Waals surface area contributed by atoms with Gasteiger partial charge in [0.25, 0.3) is 0 Å². The van der Waals surface area contributed by atoms with E-state index >= 15 is 0 Å². The van der Waals surface area contributed by atoms with E-state index in [1.807, 2.05) is 0 Å². The summed E-state index contributed by atoms with van der Waals surface area (Å²) in [7, 11) is 1.72. The quantitative estimate of drug-likeness (QED) is 0.619. The molecular weight excluding hydrogens is 260 g/mol. The maximum Gasteiger partial charge on any atom is 0.303 e. The topological polar surface area (TPSA) is 86.7 Å². The van der Waals surface area contributed by atoms with Crippen LogP contribution < -0.4 is 5.32 Å². The van der Waals surface area contributed by atoms with Crippen molar-refractivity contribution in [2.75, 3.05) is 20.1 Å². The molecule has 1 rings (SSSR count). The van der Waals surface area contributed by atoms with E-state index < -0.39 is 5.97 Å². The minimum Gasteiger partial charge on any atom is -0.481 e. The average Bonchev–Trinajstić information content (AvgIpc) is 2.72. The smallest absolute Gasteiger partial charge is 0.303 e. The number of unbranched alkanes of at least 4 members (excludes halogenated alkanes) is 4. The molecule has 1 aliphatic heterocycles. The first-order valence-electron chi connectivity index (χ1n) is 7.24. The van der Waals surface area contributed by atoms with E-state index in [0.717, 1.165) is 32.1 Å². The molecule has 1 aliphatic rings. The van der Waals surface area contributed by atoms with Crippen molar-refractivity contribution in [1.29, 1.82) is 0 Å². The second kappa shape index (κ2) is 8.55. The van der Waals surface area contributed by atoms with Crippen molar-refractivity contribution >= 4 is 17.8 Å². The maximum atomic E-state index is 11.8. The Kier molecular flexibility index (Phi) is 7.04. The molecule has 114 valence electrons. The van der Waals surface area contributed by atoms with Gasteiger partial charge < -0.3 is 15.3 Å². The van der Waals surface area contributed by atoms with E-state index in [4.69, 9.17) is 5.11 Å². The first-order chi connectivity index (χ1) is 9.50. The molecule has 0 radical (unpaired) electrons. The normalized spacial score (nSPS) is 18.4. The second-order valence-electron chi connectivity index (χ2n) is 5.38. The number of carbonyl (C=O) groups excluding carboxylic acids is 2. The van der Waals surface area contributed by atoms with Crippen molar-refractivity contribution in [3.8, 4) is 0 Å². The third-order valence-electron chi connectivity index (χ3n) is 3.58. The summed E-state index contributed by atoms with van der Waals surface area (Å²) in [6.07, 6.45) is 5.07. The van der Waals surface area contributed by atoms with Crippen LogP contribution in [0.2, 0.25) is 0 Å². The lowest BCUT2D eigenvalue weighted by Crippen LogP contribution is -2.32. The summed E-state index contributed by atoms with van der Waals surface area (Å²) in [4.78, 5) is 35.0. The summed E-state index contributed by atoms with van der Waals surface area (Å²) in [5, 5.41) is 11.3. The molecule has 0 bridgehead atoms. The van der Waals surface area contributed by atoms with Crippen molar-refractivity contribution in [3.05, 3.63) is 0 Å². The van der Waals surface area contributed by atoms with Gasteiger partial charge in [0.15, 0.2) is 0 Å². The van der Waals surface area contributed by atoms with E-state index in [9.17, 15) is 14.4 Å². The van der Waals surface area contributed by atoms with E-state index in [0.29, 0.717) is 19.5 Å². The maximum absolute atomic E-state index is 11.8. The van der Waals surface area contributed by atoms with Gasteiger partial charge in [-0.1, -0.05) is 19.3 Å². The van der Waals surface area contributed by atoms with Gasteiger partial charge >= 0.3 is 5.97 Å². The zero-order chi connectivity index (χ0) is 15.0. The Morgan fingerprint density at radius 2 is 1.90 bits per heavy atom. The molecule has 6 nitrogen and oxygen atoms in total. The summed E-state index contributed by atoms with van der Waals surface area (Å²) in [6, 6.07) is 0. The van der Waals surface area contributed by atoms with Gasteiger partial charge in [0, 0.05) is 33.0 Å². The molecule has 6 heteroatoms.